The van der Waals surface area contributed by atoms with Gasteiger partial charge in [-0.1, -0.05) is 11.6 Å². The zero-order valence-corrected chi connectivity index (χ0v) is 16.2. The minimum absolute atomic E-state index is 0.0185. The van der Waals surface area contributed by atoms with Crippen LogP contribution in [0.25, 0.3) is 0 Å². The lowest BCUT2D eigenvalue weighted by Gasteiger charge is -2.13. The number of nitro benzene ring substituents is 1. The molecule has 0 spiro atoms. The molecule has 0 saturated heterocycles. The quantitative estimate of drug-likeness (QED) is 0.225. The zero-order chi connectivity index (χ0) is 19.6. The van der Waals surface area contributed by atoms with Crippen molar-refractivity contribution in [1.82, 2.24) is 5.32 Å². The first-order valence-electron chi connectivity index (χ1n) is 9.04. The zero-order valence-electron chi connectivity index (χ0n) is 15.4. The fourth-order valence-electron chi connectivity index (χ4n) is 2.83. The summed E-state index contributed by atoms with van der Waals surface area (Å²) < 4.78 is 4.82. The summed E-state index contributed by atoms with van der Waals surface area (Å²) in [6.45, 7) is 2.47. The first kappa shape index (κ1) is 21.0. The fourth-order valence-corrected chi connectivity index (χ4v) is 3.64. The number of esters is 1. The second kappa shape index (κ2) is 10.7. The van der Waals surface area contributed by atoms with Crippen molar-refractivity contribution >= 4 is 29.3 Å². The molecule has 7 nitrogen and oxygen atoms in total. The predicted octanol–water partition coefficient (Wildman–Crippen LogP) is 3.87. The van der Waals surface area contributed by atoms with E-state index in [1.54, 1.807) is 6.92 Å². The van der Waals surface area contributed by atoms with Crippen molar-refractivity contribution in [2.45, 2.75) is 43.9 Å². The van der Waals surface area contributed by atoms with Gasteiger partial charge in [-0.15, -0.1) is 11.8 Å². The lowest BCUT2D eigenvalue weighted by molar-refractivity contribution is -0.387. The molecule has 0 bridgehead atoms. The third kappa shape index (κ3) is 6.71. The number of amides is 1. The molecular formula is C19H24N2O5S. The number of hydrogen-bond donors (Lipinski definition) is 1. The normalized spacial score (nSPS) is 13.6. The maximum Gasteiger partial charge on any atom is 0.316 e. The summed E-state index contributed by atoms with van der Waals surface area (Å²) in [4.78, 5) is 34.8. The molecule has 2 rings (SSSR count). The van der Waals surface area contributed by atoms with Gasteiger partial charge in [0.1, 0.15) is 0 Å². The molecule has 1 aliphatic carbocycles. The Morgan fingerprint density at radius 1 is 1.33 bits per heavy atom. The van der Waals surface area contributed by atoms with E-state index in [0.717, 1.165) is 31.0 Å². The number of hydrogen-bond acceptors (Lipinski definition) is 6. The smallest absolute Gasteiger partial charge is 0.316 e. The number of nitrogens with one attached hydrogen (secondary N) is 1. The van der Waals surface area contributed by atoms with Crippen LogP contribution in [-0.2, 0) is 9.53 Å². The molecule has 0 aliphatic heterocycles. The van der Waals surface area contributed by atoms with Gasteiger partial charge in [-0.25, -0.2) is 0 Å². The second-order valence-electron chi connectivity index (χ2n) is 6.15. The third-order valence-electron chi connectivity index (χ3n) is 4.19. The van der Waals surface area contributed by atoms with E-state index in [0.29, 0.717) is 11.4 Å². The molecule has 0 fully saturated rings. The average Bonchev–Trinajstić information content (AvgIpc) is 2.67. The van der Waals surface area contributed by atoms with Crippen LogP contribution in [0, 0.1) is 10.1 Å². The van der Waals surface area contributed by atoms with E-state index < -0.39 is 10.9 Å². The van der Waals surface area contributed by atoms with Crippen LogP contribution in [-0.4, -0.2) is 35.7 Å². The summed E-state index contributed by atoms with van der Waals surface area (Å²) in [6, 6.07) is 4.29. The van der Waals surface area contributed by atoms with Crippen LogP contribution in [0.5, 0.6) is 0 Å². The molecule has 0 atom stereocenters. The second-order valence-corrected chi connectivity index (χ2v) is 7.16. The van der Waals surface area contributed by atoms with E-state index in [9.17, 15) is 19.7 Å². The number of rotatable bonds is 9. The number of allylic oxidation sites excluding steroid dienone is 1. The van der Waals surface area contributed by atoms with Crippen molar-refractivity contribution in [3.8, 4) is 0 Å². The van der Waals surface area contributed by atoms with Crippen LogP contribution in [0.1, 0.15) is 49.4 Å². The Labute approximate surface area is 162 Å². The van der Waals surface area contributed by atoms with Gasteiger partial charge in [0.25, 0.3) is 11.6 Å². The van der Waals surface area contributed by atoms with E-state index >= 15 is 0 Å². The molecule has 8 heteroatoms. The van der Waals surface area contributed by atoms with E-state index in [4.69, 9.17) is 4.74 Å². The van der Waals surface area contributed by atoms with Crippen LogP contribution < -0.4 is 5.32 Å². The Hall–Kier alpha value is -2.35. The molecule has 0 unspecified atom stereocenters. The van der Waals surface area contributed by atoms with Gasteiger partial charge < -0.3 is 10.1 Å². The Morgan fingerprint density at radius 3 is 2.81 bits per heavy atom. The van der Waals surface area contributed by atoms with Gasteiger partial charge >= 0.3 is 5.97 Å². The third-order valence-corrected chi connectivity index (χ3v) is 5.22. The number of benzene rings is 1. The first-order valence-corrected chi connectivity index (χ1v) is 10.0. The highest BCUT2D eigenvalue weighted by Crippen LogP contribution is 2.30. The SMILES string of the molecule is CCOC(=O)CSc1ccc(C(=O)NCCC2=CCCCC2)cc1[N+](=O)[O-]. The molecule has 1 aromatic carbocycles. The largest absolute Gasteiger partial charge is 0.465 e. The summed E-state index contributed by atoms with van der Waals surface area (Å²) in [5.74, 6) is -0.790. The Morgan fingerprint density at radius 2 is 2.15 bits per heavy atom. The number of nitro groups is 1. The highest BCUT2D eigenvalue weighted by molar-refractivity contribution is 8.00. The number of carbonyl (C=O) groups excluding carboxylic acids is 2. The number of nitrogens with zero attached hydrogens (tertiary/aromatic N) is 1. The van der Waals surface area contributed by atoms with E-state index in [1.807, 2.05) is 0 Å². The van der Waals surface area contributed by atoms with Gasteiger partial charge in [-0.3, -0.25) is 19.7 Å². The molecule has 1 aliphatic rings. The minimum Gasteiger partial charge on any atom is -0.465 e. The number of ether oxygens (including phenoxy) is 1. The van der Waals surface area contributed by atoms with Crippen LogP contribution in [0.3, 0.4) is 0 Å². The predicted molar refractivity (Wildman–Crippen MR) is 104 cm³/mol. The van der Waals surface area contributed by atoms with Crippen LogP contribution in [0.4, 0.5) is 5.69 Å². The summed E-state index contributed by atoms with van der Waals surface area (Å²) >= 11 is 1.03. The highest BCUT2D eigenvalue weighted by atomic mass is 32.2. The van der Waals surface area contributed by atoms with Gasteiger partial charge in [0.2, 0.25) is 0 Å². The van der Waals surface area contributed by atoms with Crippen molar-refractivity contribution in [3.63, 3.8) is 0 Å². The molecule has 0 heterocycles. The van der Waals surface area contributed by atoms with Crippen molar-refractivity contribution in [3.05, 3.63) is 45.5 Å². The molecule has 1 amide bonds. The number of carbonyl (C=O) groups is 2. The van der Waals surface area contributed by atoms with Crippen LogP contribution in [0.15, 0.2) is 34.7 Å². The van der Waals surface area contributed by atoms with Crippen molar-refractivity contribution in [2.75, 3.05) is 18.9 Å². The molecule has 27 heavy (non-hydrogen) atoms. The minimum atomic E-state index is -0.545. The Bertz CT molecular complexity index is 733. The first-order chi connectivity index (χ1) is 13.0. The van der Waals surface area contributed by atoms with E-state index in [-0.39, 0.29) is 29.5 Å². The monoisotopic (exact) mass is 392 g/mol. The molecule has 146 valence electrons. The van der Waals surface area contributed by atoms with E-state index in [1.165, 1.54) is 36.6 Å². The Kier molecular flexibility index (Phi) is 8.32. The maximum absolute atomic E-state index is 12.3. The lowest BCUT2D eigenvalue weighted by Crippen LogP contribution is -2.25. The van der Waals surface area contributed by atoms with Gasteiger partial charge in [0, 0.05) is 18.2 Å². The van der Waals surface area contributed by atoms with E-state index in [2.05, 4.69) is 11.4 Å². The summed E-state index contributed by atoms with van der Waals surface area (Å²) in [7, 11) is 0. The number of thioether (sulfide) groups is 1. The standard InChI is InChI=1S/C19H24N2O5S/c1-2-26-18(22)13-27-17-9-8-15(12-16(17)21(24)25)19(23)20-11-10-14-6-4-3-5-7-14/h6,8-9,12H,2-5,7,10-11,13H2,1H3,(H,20,23). The van der Waals surface area contributed by atoms with Gasteiger partial charge in [0.05, 0.1) is 22.2 Å². The van der Waals surface area contributed by atoms with Gasteiger partial charge in [-0.2, -0.15) is 0 Å². The molecule has 1 N–H and O–H groups in total. The summed E-state index contributed by atoms with van der Waals surface area (Å²) in [6.07, 6.45) is 7.63. The van der Waals surface area contributed by atoms with Gasteiger partial charge in [-0.05, 0) is 51.2 Å². The lowest BCUT2D eigenvalue weighted by atomic mass is 9.97. The Balaban J connectivity index is 1.96. The van der Waals surface area contributed by atoms with Crippen LogP contribution >= 0.6 is 11.8 Å². The van der Waals surface area contributed by atoms with Gasteiger partial charge in [0.15, 0.2) is 0 Å². The van der Waals surface area contributed by atoms with Crippen LogP contribution in [0.2, 0.25) is 0 Å². The molecular weight excluding hydrogens is 368 g/mol. The topological polar surface area (TPSA) is 98.5 Å². The summed E-state index contributed by atoms with van der Waals surface area (Å²) in [5, 5.41) is 14.1. The summed E-state index contributed by atoms with van der Waals surface area (Å²) in [5.41, 5.74) is 1.41. The average molecular weight is 392 g/mol. The molecule has 0 aromatic heterocycles. The molecule has 0 radical (unpaired) electrons. The fraction of sp³-hybridized carbons (Fsp3) is 0.474. The van der Waals surface area contributed by atoms with Crippen molar-refractivity contribution in [2.24, 2.45) is 0 Å². The highest BCUT2D eigenvalue weighted by Gasteiger charge is 2.19. The molecule has 1 aromatic rings. The molecule has 0 saturated carbocycles. The van der Waals surface area contributed by atoms with Crippen molar-refractivity contribution < 1.29 is 19.2 Å². The van der Waals surface area contributed by atoms with Crippen molar-refractivity contribution in [1.29, 1.82) is 0 Å². The maximum atomic E-state index is 12.3.